The van der Waals surface area contributed by atoms with Gasteiger partial charge in [-0.25, -0.2) is 4.98 Å². The van der Waals surface area contributed by atoms with Crippen LogP contribution in [0.3, 0.4) is 0 Å². The molecule has 90 valence electrons. The van der Waals surface area contributed by atoms with Gasteiger partial charge in [-0.05, 0) is 27.7 Å². The fraction of sp³-hybridized carbons (Fsp3) is 0.636. The Balaban J connectivity index is 2.78. The average molecular weight is 242 g/mol. The molecular formula is C11H18N2O2S. The zero-order valence-electron chi connectivity index (χ0n) is 10.3. The third-order valence-corrected chi connectivity index (χ3v) is 3.55. The largest absolute Gasteiger partial charge is 0.369 e. The van der Waals surface area contributed by atoms with Crippen molar-refractivity contribution in [3.05, 3.63) is 16.6 Å². The minimum atomic E-state index is -0.825. The lowest BCUT2D eigenvalue weighted by Crippen LogP contribution is -2.50. The number of rotatable bonds is 4. The van der Waals surface area contributed by atoms with Crippen molar-refractivity contribution < 1.29 is 9.53 Å². The molecule has 16 heavy (non-hydrogen) atoms. The summed E-state index contributed by atoms with van der Waals surface area (Å²) < 4.78 is 5.13. The number of carbonyl (C=O) groups excluding carboxylic acids is 1. The Morgan fingerprint density at radius 1 is 1.44 bits per heavy atom. The summed E-state index contributed by atoms with van der Waals surface area (Å²) in [6.45, 7) is 7.32. The summed E-state index contributed by atoms with van der Waals surface area (Å²) >= 11 is 1.52. The zero-order chi connectivity index (χ0) is 12.4. The van der Waals surface area contributed by atoms with Crippen molar-refractivity contribution in [3.8, 4) is 0 Å². The maximum atomic E-state index is 11.9. The highest BCUT2D eigenvalue weighted by molar-refractivity contribution is 7.09. The van der Waals surface area contributed by atoms with Gasteiger partial charge < -0.3 is 10.1 Å². The van der Waals surface area contributed by atoms with Crippen molar-refractivity contribution in [2.45, 2.75) is 38.8 Å². The van der Waals surface area contributed by atoms with Gasteiger partial charge in [-0.1, -0.05) is 0 Å². The lowest BCUT2D eigenvalue weighted by Gasteiger charge is -2.29. The smallest absolute Gasteiger partial charge is 0.252 e. The zero-order valence-corrected chi connectivity index (χ0v) is 11.1. The van der Waals surface area contributed by atoms with Gasteiger partial charge in [-0.2, -0.15) is 0 Å². The number of carbonyl (C=O) groups is 1. The van der Waals surface area contributed by atoms with Crippen LogP contribution in [0.5, 0.6) is 0 Å². The first-order valence-electron chi connectivity index (χ1n) is 5.07. The number of hydrogen-bond donors (Lipinski definition) is 1. The lowest BCUT2D eigenvalue weighted by atomic mass is 10.0. The fourth-order valence-electron chi connectivity index (χ4n) is 1.11. The summed E-state index contributed by atoms with van der Waals surface area (Å²) in [6, 6.07) is 0. The van der Waals surface area contributed by atoms with E-state index in [0.29, 0.717) is 0 Å². The molecule has 0 bridgehead atoms. The Kier molecular flexibility index (Phi) is 3.70. The molecule has 1 aromatic heterocycles. The van der Waals surface area contributed by atoms with Crippen LogP contribution in [-0.2, 0) is 15.1 Å². The first-order chi connectivity index (χ1) is 7.29. The van der Waals surface area contributed by atoms with Crippen molar-refractivity contribution in [3.63, 3.8) is 0 Å². The van der Waals surface area contributed by atoms with Crippen LogP contribution in [0, 0.1) is 0 Å². The number of amides is 1. The number of ether oxygens (including phenoxy) is 1. The Morgan fingerprint density at radius 2 is 2.06 bits per heavy atom. The third-order valence-electron chi connectivity index (χ3n) is 2.45. The number of hydrogen-bond acceptors (Lipinski definition) is 4. The van der Waals surface area contributed by atoms with Gasteiger partial charge in [0, 0.05) is 18.7 Å². The van der Waals surface area contributed by atoms with Crippen molar-refractivity contribution in [2.75, 3.05) is 7.11 Å². The molecule has 0 atom stereocenters. The van der Waals surface area contributed by atoms with E-state index in [4.69, 9.17) is 4.74 Å². The summed E-state index contributed by atoms with van der Waals surface area (Å²) in [5, 5.41) is 5.71. The van der Waals surface area contributed by atoms with Crippen LogP contribution in [0.15, 0.2) is 11.6 Å². The fourth-order valence-corrected chi connectivity index (χ4v) is 1.83. The highest BCUT2D eigenvalue weighted by Gasteiger charge is 2.33. The van der Waals surface area contributed by atoms with E-state index in [1.165, 1.54) is 18.4 Å². The van der Waals surface area contributed by atoms with Crippen LogP contribution in [0.4, 0.5) is 0 Å². The first kappa shape index (κ1) is 13.1. The predicted molar refractivity (Wildman–Crippen MR) is 64.4 cm³/mol. The minimum absolute atomic E-state index is 0.143. The summed E-state index contributed by atoms with van der Waals surface area (Å²) in [5.41, 5.74) is -1.30. The van der Waals surface area contributed by atoms with Gasteiger partial charge in [0.15, 0.2) is 0 Å². The van der Waals surface area contributed by atoms with Crippen LogP contribution in [-0.4, -0.2) is 23.6 Å². The van der Waals surface area contributed by atoms with Crippen molar-refractivity contribution in [1.82, 2.24) is 10.3 Å². The van der Waals surface area contributed by atoms with Crippen molar-refractivity contribution in [1.29, 1.82) is 0 Å². The molecule has 0 aliphatic carbocycles. The van der Waals surface area contributed by atoms with Crippen molar-refractivity contribution in [2.24, 2.45) is 0 Å². The molecule has 0 aromatic carbocycles. The summed E-state index contributed by atoms with van der Waals surface area (Å²) in [4.78, 5) is 16.2. The van der Waals surface area contributed by atoms with Gasteiger partial charge in [0.25, 0.3) is 5.91 Å². The monoisotopic (exact) mass is 242 g/mol. The van der Waals surface area contributed by atoms with Gasteiger partial charge in [-0.3, -0.25) is 4.79 Å². The Morgan fingerprint density at radius 3 is 2.50 bits per heavy atom. The van der Waals surface area contributed by atoms with Gasteiger partial charge >= 0.3 is 0 Å². The highest BCUT2D eigenvalue weighted by Crippen LogP contribution is 2.23. The van der Waals surface area contributed by atoms with Crippen LogP contribution in [0.1, 0.15) is 32.7 Å². The Bertz CT molecular complexity index is 358. The summed E-state index contributed by atoms with van der Waals surface area (Å²) in [5.74, 6) is -0.143. The molecule has 0 fully saturated rings. The molecule has 0 saturated heterocycles. The molecule has 1 aromatic rings. The van der Waals surface area contributed by atoms with E-state index in [1.807, 2.05) is 19.2 Å². The average Bonchev–Trinajstić information content (AvgIpc) is 2.70. The van der Waals surface area contributed by atoms with Crippen LogP contribution in [0.25, 0.3) is 0 Å². The van der Waals surface area contributed by atoms with E-state index in [2.05, 4.69) is 10.3 Å². The quantitative estimate of drug-likeness (QED) is 0.877. The number of methoxy groups -OCH3 is 1. The standard InChI is InChI=1S/C11H18N2O2S/c1-10(2,9-12-6-7-16-9)13-8(14)11(3,4)15-5/h6-7H,1-5H3,(H,13,14). The summed E-state index contributed by atoms with van der Waals surface area (Å²) in [6.07, 6.45) is 1.73. The van der Waals surface area contributed by atoms with E-state index in [1.54, 1.807) is 20.0 Å². The molecule has 0 radical (unpaired) electrons. The maximum absolute atomic E-state index is 11.9. The van der Waals surface area contributed by atoms with Gasteiger partial charge in [-0.15, -0.1) is 11.3 Å². The molecule has 1 amide bonds. The van der Waals surface area contributed by atoms with Gasteiger partial charge in [0.05, 0.1) is 5.54 Å². The Labute approximate surface area is 100 Å². The number of nitrogens with one attached hydrogen (secondary N) is 1. The van der Waals surface area contributed by atoms with Gasteiger partial charge in [0.2, 0.25) is 0 Å². The van der Waals surface area contributed by atoms with E-state index < -0.39 is 11.1 Å². The third kappa shape index (κ3) is 2.80. The summed E-state index contributed by atoms with van der Waals surface area (Å²) in [7, 11) is 1.52. The number of nitrogens with zero attached hydrogens (tertiary/aromatic N) is 1. The second-order valence-corrected chi connectivity index (χ2v) is 5.53. The molecule has 1 N–H and O–H groups in total. The second-order valence-electron chi connectivity index (χ2n) is 4.63. The van der Waals surface area contributed by atoms with E-state index in [-0.39, 0.29) is 5.91 Å². The molecule has 0 spiro atoms. The van der Waals surface area contributed by atoms with E-state index in [0.717, 1.165) is 5.01 Å². The molecule has 0 unspecified atom stereocenters. The maximum Gasteiger partial charge on any atom is 0.252 e. The van der Waals surface area contributed by atoms with Crippen LogP contribution < -0.4 is 5.32 Å². The molecule has 1 heterocycles. The highest BCUT2D eigenvalue weighted by atomic mass is 32.1. The predicted octanol–water partition coefficient (Wildman–Crippen LogP) is 1.92. The van der Waals surface area contributed by atoms with Gasteiger partial charge in [0.1, 0.15) is 10.6 Å². The molecule has 0 aliphatic heterocycles. The lowest BCUT2D eigenvalue weighted by molar-refractivity contribution is -0.141. The van der Waals surface area contributed by atoms with Crippen molar-refractivity contribution >= 4 is 17.2 Å². The number of thiazole rings is 1. The minimum Gasteiger partial charge on any atom is -0.369 e. The molecule has 4 nitrogen and oxygen atoms in total. The SMILES string of the molecule is COC(C)(C)C(=O)NC(C)(C)c1nccs1. The van der Waals surface area contributed by atoms with Crippen LogP contribution >= 0.6 is 11.3 Å². The Hall–Kier alpha value is -0.940. The normalized spacial score (nSPS) is 12.6. The molecule has 5 heteroatoms. The number of aromatic nitrogens is 1. The second kappa shape index (κ2) is 4.51. The van der Waals surface area contributed by atoms with Crippen LogP contribution in [0.2, 0.25) is 0 Å². The molecule has 0 saturated carbocycles. The van der Waals surface area contributed by atoms with E-state index >= 15 is 0 Å². The molecular weight excluding hydrogens is 224 g/mol. The molecule has 1 rings (SSSR count). The van der Waals surface area contributed by atoms with E-state index in [9.17, 15) is 4.79 Å². The topological polar surface area (TPSA) is 51.2 Å². The first-order valence-corrected chi connectivity index (χ1v) is 5.95. The molecule has 0 aliphatic rings.